The van der Waals surface area contributed by atoms with Gasteiger partial charge in [0, 0.05) is 31.2 Å². The Labute approximate surface area is 118 Å². The van der Waals surface area contributed by atoms with Crippen LogP contribution < -0.4 is 5.32 Å². The number of hydrogen-bond acceptors (Lipinski definition) is 3. The molecule has 1 aliphatic heterocycles. The summed E-state index contributed by atoms with van der Waals surface area (Å²) in [4.78, 5) is 1.50. The van der Waals surface area contributed by atoms with Crippen LogP contribution in [0, 0.1) is 5.41 Å². The summed E-state index contributed by atoms with van der Waals surface area (Å²) in [6.45, 7) is 3.92. The Balaban J connectivity index is 1.93. The average Bonchev–Trinajstić information content (AvgIpc) is 3.19. The van der Waals surface area contributed by atoms with E-state index in [2.05, 4.69) is 5.32 Å². The maximum absolute atomic E-state index is 12.6. The molecule has 0 spiro atoms. The van der Waals surface area contributed by atoms with Crippen LogP contribution in [0.25, 0.3) is 0 Å². The first-order valence-corrected chi connectivity index (χ1v) is 7.53. The van der Waals surface area contributed by atoms with Gasteiger partial charge in [-0.05, 0) is 32.2 Å². The van der Waals surface area contributed by atoms with Crippen molar-refractivity contribution in [2.45, 2.75) is 44.8 Å². The van der Waals surface area contributed by atoms with E-state index in [0.29, 0.717) is 25.7 Å². The molecule has 2 rings (SSSR count). The lowest BCUT2D eigenvalue weighted by Gasteiger charge is -2.41. The quantitative estimate of drug-likeness (QED) is 0.780. The highest BCUT2D eigenvalue weighted by Crippen LogP contribution is 2.31. The molecule has 1 aliphatic carbocycles. The lowest BCUT2D eigenvalue weighted by molar-refractivity contribution is -0.151. The molecular weight excluding hydrogens is 269 g/mol. The van der Waals surface area contributed by atoms with E-state index in [-0.39, 0.29) is 5.41 Å². The third-order valence-corrected chi connectivity index (χ3v) is 4.16. The fraction of sp³-hybridized carbons (Fsp3) is 1.00. The number of nitrogens with one attached hydrogen (secondary N) is 1. The average molecular weight is 294 g/mol. The Morgan fingerprint density at radius 3 is 2.60 bits per heavy atom. The van der Waals surface area contributed by atoms with E-state index in [1.54, 1.807) is 6.92 Å². The first-order valence-electron chi connectivity index (χ1n) is 7.53. The van der Waals surface area contributed by atoms with Crippen molar-refractivity contribution in [2.75, 3.05) is 39.4 Å². The van der Waals surface area contributed by atoms with Crippen molar-refractivity contribution in [3.63, 3.8) is 0 Å². The monoisotopic (exact) mass is 294 g/mol. The van der Waals surface area contributed by atoms with E-state index in [4.69, 9.17) is 4.74 Å². The zero-order valence-corrected chi connectivity index (χ0v) is 12.1. The molecule has 0 bridgehead atoms. The molecule has 2 aliphatic rings. The maximum Gasteiger partial charge on any atom is 0.401 e. The minimum absolute atomic E-state index is 0.165. The molecule has 1 N–H and O–H groups in total. The van der Waals surface area contributed by atoms with E-state index < -0.39 is 12.7 Å². The zero-order valence-electron chi connectivity index (χ0n) is 12.1. The summed E-state index contributed by atoms with van der Waals surface area (Å²) in [5, 5.41) is 3.47. The van der Waals surface area contributed by atoms with Crippen LogP contribution in [-0.4, -0.2) is 56.5 Å². The molecule has 0 radical (unpaired) electrons. The number of rotatable bonds is 7. The topological polar surface area (TPSA) is 24.5 Å². The number of ether oxygens (including phenoxy) is 1. The van der Waals surface area contributed by atoms with E-state index in [1.807, 2.05) is 0 Å². The second kappa shape index (κ2) is 6.62. The molecule has 0 amide bonds. The summed E-state index contributed by atoms with van der Waals surface area (Å²) < 4.78 is 43.4. The van der Waals surface area contributed by atoms with Gasteiger partial charge in [-0.3, -0.25) is 4.90 Å². The van der Waals surface area contributed by atoms with Crippen molar-refractivity contribution in [3.05, 3.63) is 0 Å². The summed E-state index contributed by atoms with van der Waals surface area (Å²) in [7, 11) is 0. The van der Waals surface area contributed by atoms with E-state index >= 15 is 0 Å². The summed E-state index contributed by atoms with van der Waals surface area (Å²) in [6.07, 6.45) is 0.140. The van der Waals surface area contributed by atoms with Gasteiger partial charge >= 0.3 is 6.18 Å². The lowest BCUT2D eigenvalue weighted by atomic mass is 9.81. The Hall–Kier alpha value is -0.330. The first-order chi connectivity index (χ1) is 9.42. The third kappa shape index (κ3) is 5.22. The van der Waals surface area contributed by atoms with Crippen molar-refractivity contribution in [2.24, 2.45) is 5.41 Å². The SMILES string of the molecule is CCN(CC(F)(F)F)CC1(CNC2CC2)CCCOC1. The van der Waals surface area contributed by atoms with Gasteiger partial charge in [-0.25, -0.2) is 0 Å². The van der Waals surface area contributed by atoms with Gasteiger partial charge in [-0.15, -0.1) is 0 Å². The minimum atomic E-state index is -4.13. The largest absolute Gasteiger partial charge is 0.401 e. The van der Waals surface area contributed by atoms with Crippen LogP contribution in [0.1, 0.15) is 32.6 Å². The molecule has 0 aromatic heterocycles. The van der Waals surface area contributed by atoms with Crippen molar-refractivity contribution < 1.29 is 17.9 Å². The van der Waals surface area contributed by atoms with Crippen LogP contribution in [0.2, 0.25) is 0 Å². The number of hydrogen-bond donors (Lipinski definition) is 1. The molecule has 3 nitrogen and oxygen atoms in total. The van der Waals surface area contributed by atoms with E-state index in [1.165, 1.54) is 17.7 Å². The highest BCUT2D eigenvalue weighted by Gasteiger charge is 2.39. The highest BCUT2D eigenvalue weighted by atomic mass is 19.4. The predicted octanol–water partition coefficient (Wildman–Crippen LogP) is 2.42. The Morgan fingerprint density at radius 2 is 2.10 bits per heavy atom. The van der Waals surface area contributed by atoms with Gasteiger partial charge in [0.05, 0.1) is 13.2 Å². The fourth-order valence-corrected chi connectivity index (χ4v) is 2.89. The third-order valence-electron chi connectivity index (χ3n) is 4.16. The second-order valence-corrected chi connectivity index (χ2v) is 6.23. The number of halogens is 3. The van der Waals surface area contributed by atoms with E-state index in [9.17, 15) is 13.2 Å². The molecule has 20 heavy (non-hydrogen) atoms. The number of nitrogens with zero attached hydrogens (tertiary/aromatic N) is 1. The number of alkyl halides is 3. The van der Waals surface area contributed by atoms with Crippen molar-refractivity contribution in [1.82, 2.24) is 10.2 Å². The van der Waals surface area contributed by atoms with Crippen molar-refractivity contribution in [1.29, 1.82) is 0 Å². The van der Waals surface area contributed by atoms with E-state index in [0.717, 1.165) is 26.0 Å². The summed E-state index contributed by atoms with van der Waals surface area (Å²) in [6, 6.07) is 0.575. The molecule has 1 atom stereocenters. The predicted molar refractivity (Wildman–Crippen MR) is 71.7 cm³/mol. The van der Waals surface area contributed by atoms with Crippen LogP contribution in [0.5, 0.6) is 0 Å². The maximum atomic E-state index is 12.6. The lowest BCUT2D eigenvalue weighted by Crippen LogP contribution is -2.51. The van der Waals surface area contributed by atoms with Crippen molar-refractivity contribution in [3.8, 4) is 0 Å². The Kier molecular flexibility index (Phi) is 5.31. The van der Waals surface area contributed by atoms with Crippen LogP contribution >= 0.6 is 0 Å². The molecule has 2 fully saturated rings. The molecule has 118 valence electrons. The molecule has 1 saturated heterocycles. The molecule has 1 unspecified atom stereocenters. The Bertz CT molecular complexity index is 299. The normalized spacial score (nSPS) is 28.1. The van der Waals surface area contributed by atoms with Crippen LogP contribution in [0.3, 0.4) is 0 Å². The van der Waals surface area contributed by atoms with Gasteiger partial charge in [0.25, 0.3) is 0 Å². The molecule has 0 aromatic rings. The minimum Gasteiger partial charge on any atom is -0.381 e. The first kappa shape index (κ1) is 16.0. The molecule has 0 aromatic carbocycles. The van der Waals surface area contributed by atoms with Gasteiger partial charge in [-0.1, -0.05) is 6.92 Å². The molecule has 6 heteroatoms. The smallest absolute Gasteiger partial charge is 0.381 e. The zero-order chi connectivity index (χ0) is 14.6. The van der Waals surface area contributed by atoms with Gasteiger partial charge in [0.15, 0.2) is 0 Å². The van der Waals surface area contributed by atoms with Crippen molar-refractivity contribution >= 4 is 0 Å². The van der Waals surface area contributed by atoms with Gasteiger partial charge in [0.2, 0.25) is 0 Å². The summed E-state index contributed by atoms with van der Waals surface area (Å²) in [5.41, 5.74) is -0.165. The van der Waals surface area contributed by atoms with Gasteiger partial charge in [-0.2, -0.15) is 13.2 Å². The molecule has 1 heterocycles. The Morgan fingerprint density at radius 1 is 1.35 bits per heavy atom. The van der Waals surface area contributed by atoms with Crippen LogP contribution in [-0.2, 0) is 4.74 Å². The van der Waals surface area contributed by atoms with Crippen LogP contribution in [0.4, 0.5) is 13.2 Å². The molecule has 1 saturated carbocycles. The summed E-state index contributed by atoms with van der Waals surface area (Å²) in [5.74, 6) is 0. The van der Waals surface area contributed by atoms with Gasteiger partial charge in [0.1, 0.15) is 0 Å². The highest BCUT2D eigenvalue weighted by molar-refractivity contribution is 4.91. The fourth-order valence-electron chi connectivity index (χ4n) is 2.89. The molecular formula is C14H25F3N2O. The summed E-state index contributed by atoms with van der Waals surface area (Å²) >= 11 is 0. The standard InChI is InChI=1S/C14H25F3N2O/c1-2-19(10-14(15,16)17)9-13(6-3-7-20-11-13)8-18-12-4-5-12/h12,18H,2-11H2,1H3. The van der Waals surface area contributed by atoms with Crippen LogP contribution in [0.15, 0.2) is 0 Å². The second-order valence-electron chi connectivity index (χ2n) is 6.23. The van der Waals surface area contributed by atoms with Gasteiger partial charge < -0.3 is 10.1 Å².